The smallest absolute Gasteiger partial charge is 0.342 e. The zero-order valence-electron chi connectivity index (χ0n) is 15.3. The molecular formula is C20H20ClNO6. The first-order chi connectivity index (χ1) is 13.6. The Hall–Kier alpha value is -2.93. The average molecular weight is 406 g/mol. The quantitative estimate of drug-likeness (QED) is 0.713. The van der Waals surface area contributed by atoms with E-state index in [9.17, 15) is 9.59 Å². The number of carbonyl (C=O) groups is 2. The fourth-order valence-corrected chi connectivity index (χ4v) is 2.86. The van der Waals surface area contributed by atoms with E-state index >= 15 is 0 Å². The molecule has 3 rings (SSSR count). The number of rotatable bonds is 7. The van der Waals surface area contributed by atoms with Crippen LogP contribution >= 0.6 is 11.6 Å². The predicted octanol–water partition coefficient (Wildman–Crippen LogP) is 2.64. The Bertz CT molecular complexity index is 870. The maximum Gasteiger partial charge on any atom is 0.342 e. The maximum atomic E-state index is 12.1. The zero-order chi connectivity index (χ0) is 19.9. The standard InChI is InChI=1S/C20H20ClNO6/c1-25-16-5-3-14(21)11-15(16)20(24)28-12-19(23)22-7-6-13-2-4-17-18(10-13)27-9-8-26-17/h2-5,10-11H,6-9,12H2,1H3,(H,22,23). The molecular weight excluding hydrogens is 386 g/mol. The highest BCUT2D eigenvalue weighted by molar-refractivity contribution is 6.31. The first-order valence-corrected chi connectivity index (χ1v) is 9.10. The molecule has 0 bridgehead atoms. The molecule has 0 fully saturated rings. The molecule has 2 aromatic rings. The second kappa shape index (κ2) is 9.32. The van der Waals surface area contributed by atoms with E-state index in [1.54, 1.807) is 12.1 Å². The minimum absolute atomic E-state index is 0.166. The maximum absolute atomic E-state index is 12.1. The third-order valence-corrected chi connectivity index (χ3v) is 4.29. The van der Waals surface area contributed by atoms with Crippen molar-refractivity contribution in [2.45, 2.75) is 6.42 Å². The van der Waals surface area contributed by atoms with Gasteiger partial charge < -0.3 is 24.3 Å². The molecule has 0 saturated carbocycles. The Balaban J connectivity index is 1.45. The summed E-state index contributed by atoms with van der Waals surface area (Å²) in [4.78, 5) is 24.1. The number of hydrogen-bond acceptors (Lipinski definition) is 6. The number of halogens is 1. The SMILES string of the molecule is COc1ccc(Cl)cc1C(=O)OCC(=O)NCCc1ccc2c(c1)OCCO2. The second-order valence-corrected chi connectivity index (χ2v) is 6.44. The first kappa shape index (κ1) is 19.8. The largest absolute Gasteiger partial charge is 0.496 e. The average Bonchev–Trinajstić information content (AvgIpc) is 2.72. The molecule has 1 amide bonds. The van der Waals surface area contributed by atoms with Crippen LogP contribution in [0.15, 0.2) is 36.4 Å². The molecule has 1 heterocycles. The molecule has 1 aliphatic heterocycles. The molecule has 7 nitrogen and oxygen atoms in total. The number of hydrogen-bond donors (Lipinski definition) is 1. The van der Waals surface area contributed by atoms with Gasteiger partial charge in [0.25, 0.3) is 5.91 Å². The summed E-state index contributed by atoms with van der Waals surface area (Å²) in [6, 6.07) is 10.3. The van der Waals surface area contributed by atoms with E-state index in [2.05, 4.69) is 5.32 Å². The van der Waals surface area contributed by atoms with Crippen LogP contribution in [0.25, 0.3) is 0 Å². The lowest BCUT2D eigenvalue weighted by Gasteiger charge is -2.18. The molecule has 0 unspecified atom stereocenters. The van der Waals surface area contributed by atoms with E-state index in [-0.39, 0.29) is 5.56 Å². The lowest BCUT2D eigenvalue weighted by molar-refractivity contribution is -0.124. The number of nitrogens with one attached hydrogen (secondary N) is 1. The van der Waals surface area contributed by atoms with Crippen molar-refractivity contribution < 1.29 is 28.5 Å². The summed E-state index contributed by atoms with van der Waals surface area (Å²) in [5.41, 5.74) is 1.17. The van der Waals surface area contributed by atoms with Crippen LogP contribution in [0, 0.1) is 0 Å². The summed E-state index contributed by atoms with van der Waals surface area (Å²) in [7, 11) is 1.44. The highest BCUT2D eigenvalue weighted by atomic mass is 35.5. The van der Waals surface area contributed by atoms with Crippen LogP contribution in [0.2, 0.25) is 5.02 Å². The molecule has 1 aliphatic rings. The van der Waals surface area contributed by atoms with Crippen LogP contribution in [0.3, 0.4) is 0 Å². The Morgan fingerprint density at radius 3 is 2.68 bits per heavy atom. The number of ether oxygens (including phenoxy) is 4. The third-order valence-electron chi connectivity index (χ3n) is 4.06. The number of amides is 1. The Morgan fingerprint density at radius 2 is 1.89 bits per heavy atom. The van der Waals surface area contributed by atoms with Gasteiger partial charge in [0.05, 0.1) is 7.11 Å². The summed E-state index contributed by atoms with van der Waals surface area (Å²) < 4.78 is 21.2. The Kier molecular flexibility index (Phi) is 6.60. The summed E-state index contributed by atoms with van der Waals surface area (Å²) in [6.07, 6.45) is 0.610. The molecule has 0 saturated heterocycles. The fourth-order valence-electron chi connectivity index (χ4n) is 2.69. The molecule has 0 aromatic heterocycles. The zero-order valence-corrected chi connectivity index (χ0v) is 16.1. The fraction of sp³-hybridized carbons (Fsp3) is 0.300. The monoisotopic (exact) mass is 405 g/mol. The van der Waals surface area contributed by atoms with Crippen molar-refractivity contribution in [2.24, 2.45) is 0 Å². The second-order valence-electron chi connectivity index (χ2n) is 6.00. The third kappa shape index (κ3) is 5.07. The van der Waals surface area contributed by atoms with Crippen molar-refractivity contribution in [3.05, 3.63) is 52.5 Å². The number of benzene rings is 2. The molecule has 8 heteroatoms. The van der Waals surface area contributed by atoms with Gasteiger partial charge in [0, 0.05) is 11.6 Å². The normalized spacial score (nSPS) is 12.2. The lowest BCUT2D eigenvalue weighted by atomic mass is 10.1. The highest BCUT2D eigenvalue weighted by Crippen LogP contribution is 2.30. The van der Waals surface area contributed by atoms with Gasteiger partial charge in [-0.1, -0.05) is 17.7 Å². The van der Waals surface area contributed by atoms with Gasteiger partial charge >= 0.3 is 5.97 Å². The number of fused-ring (bicyclic) bond motifs is 1. The number of carbonyl (C=O) groups excluding carboxylic acids is 2. The van der Waals surface area contributed by atoms with Crippen LogP contribution in [0.5, 0.6) is 17.2 Å². The minimum Gasteiger partial charge on any atom is -0.496 e. The van der Waals surface area contributed by atoms with Crippen LogP contribution < -0.4 is 19.5 Å². The van der Waals surface area contributed by atoms with Crippen molar-refractivity contribution >= 4 is 23.5 Å². The molecule has 0 spiro atoms. The van der Waals surface area contributed by atoms with Gasteiger partial charge in [-0.2, -0.15) is 0 Å². The van der Waals surface area contributed by atoms with E-state index in [1.165, 1.54) is 13.2 Å². The Morgan fingerprint density at radius 1 is 1.11 bits per heavy atom. The number of esters is 1. The van der Waals surface area contributed by atoms with Gasteiger partial charge in [-0.05, 0) is 42.3 Å². The van der Waals surface area contributed by atoms with Crippen LogP contribution in [0.1, 0.15) is 15.9 Å². The van der Waals surface area contributed by atoms with Crippen LogP contribution in [-0.4, -0.2) is 45.4 Å². The molecule has 0 atom stereocenters. The summed E-state index contributed by atoms with van der Waals surface area (Å²) in [6.45, 7) is 1.07. The topological polar surface area (TPSA) is 83.1 Å². The molecule has 2 aromatic carbocycles. The molecule has 148 valence electrons. The van der Waals surface area contributed by atoms with Gasteiger partial charge in [0.15, 0.2) is 18.1 Å². The molecule has 0 aliphatic carbocycles. The van der Waals surface area contributed by atoms with Gasteiger partial charge in [0.1, 0.15) is 24.5 Å². The van der Waals surface area contributed by atoms with E-state index in [0.29, 0.717) is 42.7 Å². The summed E-state index contributed by atoms with van der Waals surface area (Å²) in [5, 5.41) is 3.08. The Labute approximate surface area is 167 Å². The molecule has 1 N–H and O–H groups in total. The lowest BCUT2D eigenvalue weighted by Crippen LogP contribution is -2.30. The first-order valence-electron chi connectivity index (χ1n) is 8.72. The van der Waals surface area contributed by atoms with E-state index in [1.807, 2.05) is 18.2 Å². The van der Waals surface area contributed by atoms with Gasteiger partial charge in [-0.3, -0.25) is 4.79 Å². The number of methoxy groups -OCH3 is 1. The summed E-state index contributed by atoms with van der Waals surface area (Å²) in [5.74, 6) is 0.684. The van der Waals surface area contributed by atoms with E-state index in [0.717, 1.165) is 11.3 Å². The van der Waals surface area contributed by atoms with Crippen molar-refractivity contribution in [1.29, 1.82) is 0 Å². The van der Waals surface area contributed by atoms with Crippen molar-refractivity contribution in [3.8, 4) is 17.2 Å². The van der Waals surface area contributed by atoms with Gasteiger partial charge in [0.2, 0.25) is 0 Å². The predicted molar refractivity (Wildman–Crippen MR) is 102 cm³/mol. The van der Waals surface area contributed by atoms with Crippen molar-refractivity contribution in [3.63, 3.8) is 0 Å². The molecule has 0 radical (unpaired) electrons. The minimum atomic E-state index is -0.679. The van der Waals surface area contributed by atoms with E-state index < -0.39 is 18.5 Å². The van der Waals surface area contributed by atoms with E-state index in [4.69, 9.17) is 30.5 Å². The van der Waals surface area contributed by atoms with Gasteiger partial charge in [-0.25, -0.2) is 4.79 Å². The van der Waals surface area contributed by atoms with Crippen LogP contribution in [-0.2, 0) is 16.0 Å². The highest BCUT2D eigenvalue weighted by Gasteiger charge is 2.16. The van der Waals surface area contributed by atoms with Crippen molar-refractivity contribution in [1.82, 2.24) is 5.32 Å². The van der Waals surface area contributed by atoms with Crippen LogP contribution in [0.4, 0.5) is 0 Å². The molecule has 28 heavy (non-hydrogen) atoms. The summed E-state index contributed by atoms with van der Waals surface area (Å²) >= 11 is 5.89. The van der Waals surface area contributed by atoms with Gasteiger partial charge in [-0.15, -0.1) is 0 Å². The van der Waals surface area contributed by atoms with Crippen molar-refractivity contribution in [2.75, 3.05) is 33.5 Å².